The summed E-state index contributed by atoms with van der Waals surface area (Å²) in [6.45, 7) is 2.73. The summed E-state index contributed by atoms with van der Waals surface area (Å²) in [5.74, 6) is 0. The average molecular weight is 362 g/mol. The lowest BCUT2D eigenvalue weighted by atomic mass is 10.1. The van der Waals surface area contributed by atoms with Crippen molar-refractivity contribution in [1.82, 2.24) is 4.72 Å². The van der Waals surface area contributed by atoms with E-state index in [0.29, 0.717) is 11.4 Å². The molecule has 0 atom stereocenters. The molecule has 5 heteroatoms. The molecule has 0 radical (unpaired) electrons. The van der Waals surface area contributed by atoms with Gasteiger partial charge in [0.1, 0.15) is 0 Å². The third kappa shape index (κ3) is 6.86. The Morgan fingerprint density at radius 1 is 0.950 bits per heavy atom. The van der Waals surface area contributed by atoms with Crippen LogP contribution in [0.25, 0.3) is 0 Å². The highest BCUT2D eigenvalue weighted by atomic mass is 79.9. The Balaban J connectivity index is 2.22. The van der Waals surface area contributed by atoms with E-state index in [2.05, 4.69) is 27.6 Å². The largest absolute Gasteiger partial charge is 0.240 e. The molecule has 1 N–H and O–H groups in total. The second-order valence-electron chi connectivity index (χ2n) is 4.97. The van der Waals surface area contributed by atoms with Crippen molar-refractivity contribution in [3.63, 3.8) is 0 Å². The van der Waals surface area contributed by atoms with Crippen molar-refractivity contribution < 1.29 is 8.42 Å². The Hall–Kier alpha value is -0.390. The molecule has 0 saturated carbocycles. The molecule has 0 aliphatic rings. The molecule has 1 aromatic carbocycles. The van der Waals surface area contributed by atoms with Crippen LogP contribution >= 0.6 is 15.9 Å². The van der Waals surface area contributed by atoms with E-state index in [-0.39, 0.29) is 0 Å². The van der Waals surface area contributed by atoms with E-state index >= 15 is 0 Å². The van der Waals surface area contributed by atoms with E-state index in [1.165, 1.54) is 32.1 Å². The lowest BCUT2D eigenvalue weighted by molar-refractivity contribution is 0.563. The minimum absolute atomic E-state index is 0.323. The smallest absolute Gasteiger partial charge is 0.211 e. The quantitative estimate of drug-likeness (QED) is 0.624. The summed E-state index contributed by atoms with van der Waals surface area (Å²) in [5.41, 5.74) is 0. The molecule has 1 aromatic rings. The van der Waals surface area contributed by atoms with E-state index in [0.717, 1.165) is 17.3 Å². The van der Waals surface area contributed by atoms with Crippen molar-refractivity contribution in [3.8, 4) is 0 Å². The summed E-state index contributed by atoms with van der Waals surface area (Å²) >= 11 is 3.30. The van der Waals surface area contributed by atoms with Gasteiger partial charge in [-0.1, -0.05) is 61.4 Å². The number of unbranched alkanes of at least 4 members (excludes halogenated alkanes) is 6. The van der Waals surface area contributed by atoms with Gasteiger partial charge >= 0.3 is 0 Å². The van der Waals surface area contributed by atoms with Gasteiger partial charge in [0, 0.05) is 11.0 Å². The van der Waals surface area contributed by atoms with Gasteiger partial charge in [0.25, 0.3) is 0 Å². The average Bonchev–Trinajstić information content (AvgIpc) is 2.42. The van der Waals surface area contributed by atoms with Crippen LogP contribution in [0.15, 0.2) is 33.6 Å². The molecule has 20 heavy (non-hydrogen) atoms. The Kier molecular flexibility index (Phi) is 8.41. The van der Waals surface area contributed by atoms with Crippen molar-refractivity contribution >= 4 is 26.0 Å². The standard InChI is InChI=1S/C15H24BrNO2S/c1-2-3-4-5-6-7-8-13-17-20(18,19)15-11-9-14(16)10-12-15/h9-12,17H,2-8,13H2,1H3. The van der Waals surface area contributed by atoms with Crippen LogP contribution in [0, 0.1) is 0 Å². The molecule has 0 saturated heterocycles. The Bertz CT molecular complexity index is 471. The summed E-state index contributed by atoms with van der Waals surface area (Å²) in [5, 5.41) is 0. The van der Waals surface area contributed by atoms with Crippen molar-refractivity contribution in [2.45, 2.75) is 56.8 Å². The maximum absolute atomic E-state index is 12.0. The van der Waals surface area contributed by atoms with Gasteiger partial charge in [-0.05, 0) is 30.7 Å². The highest BCUT2D eigenvalue weighted by Crippen LogP contribution is 2.14. The fourth-order valence-electron chi connectivity index (χ4n) is 1.99. The van der Waals surface area contributed by atoms with E-state index in [1.54, 1.807) is 24.3 Å². The molecule has 0 bridgehead atoms. The highest BCUT2D eigenvalue weighted by Gasteiger charge is 2.12. The van der Waals surface area contributed by atoms with Gasteiger partial charge in [0.2, 0.25) is 10.0 Å². The molecule has 3 nitrogen and oxygen atoms in total. The molecule has 0 heterocycles. The molecule has 0 aliphatic heterocycles. The maximum atomic E-state index is 12.0. The van der Waals surface area contributed by atoms with Crippen LogP contribution in [0.3, 0.4) is 0 Å². The summed E-state index contributed by atoms with van der Waals surface area (Å²) in [7, 11) is -3.35. The van der Waals surface area contributed by atoms with Gasteiger partial charge in [0.05, 0.1) is 4.90 Å². The van der Waals surface area contributed by atoms with Crippen LogP contribution in [0.4, 0.5) is 0 Å². The van der Waals surface area contributed by atoms with Crippen LogP contribution in [0.2, 0.25) is 0 Å². The molecule has 1 rings (SSSR count). The van der Waals surface area contributed by atoms with Gasteiger partial charge in [-0.2, -0.15) is 0 Å². The first-order valence-corrected chi connectivity index (χ1v) is 9.59. The predicted octanol–water partition coefficient (Wildman–Crippen LogP) is 4.48. The van der Waals surface area contributed by atoms with Crippen LogP contribution in [0.5, 0.6) is 0 Å². The molecule has 0 aromatic heterocycles. The number of benzene rings is 1. The number of hydrogen-bond donors (Lipinski definition) is 1. The first-order valence-electron chi connectivity index (χ1n) is 7.31. The zero-order valence-electron chi connectivity index (χ0n) is 12.1. The van der Waals surface area contributed by atoms with Crippen molar-refractivity contribution in [2.24, 2.45) is 0 Å². The molecule has 114 valence electrons. The highest BCUT2D eigenvalue weighted by molar-refractivity contribution is 9.10. The van der Waals surface area contributed by atoms with Crippen molar-refractivity contribution in [1.29, 1.82) is 0 Å². The maximum Gasteiger partial charge on any atom is 0.240 e. The molecule has 0 fully saturated rings. The monoisotopic (exact) mass is 361 g/mol. The Labute approximate surface area is 131 Å². The van der Waals surface area contributed by atoms with Gasteiger partial charge < -0.3 is 0 Å². The number of rotatable bonds is 10. The van der Waals surface area contributed by atoms with Crippen LogP contribution in [0.1, 0.15) is 51.9 Å². The molecular weight excluding hydrogens is 338 g/mol. The van der Waals surface area contributed by atoms with E-state index in [1.807, 2.05) is 0 Å². The van der Waals surface area contributed by atoms with Gasteiger partial charge in [-0.3, -0.25) is 0 Å². The second-order valence-corrected chi connectivity index (χ2v) is 7.66. The summed E-state index contributed by atoms with van der Waals surface area (Å²) in [6.07, 6.45) is 8.30. The molecule has 0 unspecified atom stereocenters. The van der Waals surface area contributed by atoms with E-state index < -0.39 is 10.0 Å². The van der Waals surface area contributed by atoms with Crippen LogP contribution in [-0.4, -0.2) is 15.0 Å². The molecule has 0 spiro atoms. The molecule has 0 aliphatic carbocycles. The minimum atomic E-state index is -3.35. The minimum Gasteiger partial charge on any atom is -0.211 e. The number of halogens is 1. The zero-order chi connectivity index (χ0) is 14.8. The summed E-state index contributed by atoms with van der Waals surface area (Å²) in [4.78, 5) is 0.323. The summed E-state index contributed by atoms with van der Waals surface area (Å²) < 4.78 is 27.5. The van der Waals surface area contributed by atoms with Gasteiger partial charge in [-0.25, -0.2) is 13.1 Å². The normalized spacial score (nSPS) is 11.7. The number of nitrogens with one attached hydrogen (secondary N) is 1. The van der Waals surface area contributed by atoms with Gasteiger partial charge in [-0.15, -0.1) is 0 Å². The van der Waals surface area contributed by atoms with Crippen molar-refractivity contribution in [3.05, 3.63) is 28.7 Å². The first-order chi connectivity index (χ1) is 9.56. The SMILES string of the molecule is CCCCCCCCCNS(=O)(=O)c1ccc(Br)cc1. The zero-order valence-corrected chi connectivity index (χ0v) is 14.5. The van der Waals surface area contributed by atoms with Gasteiger partial charge in [0.15, 0.2) is 0 Å². The van der Waals surface area contributed by atoms with E-state index in [4.69, 9.17) is 0 Å². The Morgan fingerprint density at radius 2 is 1.50 bits per heavy atom. The molecular formula is C15H24BrNO2S. The fourth-order valence-corrected chi connectivity index (χ4v) is 3.32. The fraction of sp³-hybridized carbons (Fsp3) is 0.600. The number of sulfonamides is 1. The van der Waals surface area contributed by atoms with Crippen molar-refractivity contribution in [2.75, 3.05) is 6.54 Å². The second kappa shape index (κ2) is 9.53. The summed E-state index contributed by atoms with van der Waals surface area (Å²) in [6, 6.07) is 6.69. The first kappa shape index (κ1) is 17.7. The van der Waals surface area contributed by atoms with Crippen LogP contribution in [-0.2, 0) is 10.0 Å². The lowest BCUT2D eigenvalue weighted by Gasteiger charge is -2.07. The van der Waals surface area contributed by atoms with E-state index in [9.17, 15) is 8.42 Å². The third-order valence-corrected chi connectivity index (χ3v) is 5.20. The molecule has 0 amide bonds. The number of hydrogen-bond acceptors (Lipinski definition) is 2. The Morgan fingerprint density at radius 3 is 2.10 bits per heavy atom. The predicted molar refractivity (Wildman–Crippen MR) is 87.3 cm³/mol. The topological polar surface area (TPSA) is 46.2 Å². The third-order valence-electron chi connectivity index (χ3n) is 3.20. The van der Waals surface area contributed by atoms with Crippen LogP contribution < -0.4 is 4.72 Å². The lowest BCUT2D eigenvalue weighted by Crippen LogP contribution is -2.24.